The number of nitrogens with one attached hydrogen (secondary N) is 2. The molecule has 3 nitrogen and oxygen atoms in total. The number of rotatable bonds is 6. The van der Waals surface area contributed by atoms with Gasteiger partial charge in [0.25, 0.3) is 0 Å². The Labute approximate surface area is 94.9 Å². The van der Waals surface area contributed by atoms with Crippen molar-refractivity contribution in [2.75, 3.05) is 6.54 Å². The molecule has 0 bridgehead atoms. The fourth-order valence-electron chi connectivity index (χ4n) is 1.22. The number of amides is 1. The number of hydrogen-bond acceptors (Lipinski definition) is 3. The fourth-order valence-corrected chi connectivity index (χ4v) is 1.89. The van der Waals surface area contributed by atoms with Gasteiger partial charge in [-0.25, -0.2) is 0 Å². The SMILES string of the molecule is CC(C)NC(=O)CCNCc1ccsc1. The quantitative estimate of drug-likeness (QED) is 0.726. The van der Waals surface area contributed by atoms with Crippen LogP contribution in [0.1, 0.15) is 25.8 Å². The maximum Gasteiger partial charge on any atom is 0.221 e. The highest BCUT2D eigenvalue weighted by Gasteiger charge is 2.01. The van der Waals surface area contributed by atoms with Gasteiger partial charge in [0.2, 0.25) is 5.91 Å². The van der Waals surface area contributed by atoms with Gasteiger partial charge in [-0.15, -0.1) is 0 Å². The summed E-state index contributed by atoms with van der Waals surface area (Å²) in [6, 6.07) is 2.32. The zero-order valence-electron chi connectivity index (χ0n) is 9.25. The van der Waals surface area contributed by atoms with Crippen molar-refractivity contribution in [2.45, 2.75) is 32.9 Å². The van der Waals surface area contributed by atoms with E-state index in [-0.39, 0.29) is 11.9 Å². The van der Waals surface area contributed by atoms with Crippen molar-refractivity contribution in [1.82, 2.24) is 10.6 Å². The van der Waals surface area contributed by atoms with Crippen LogP contribution in [0.4, 0.5) is 0 Å². The highest BCUT2D eigenvalue weighted by Crippen LogP contribution is 2.04. The molecule has 0 aliphatic rings. The highest BCUT2D eigenvalue weighted by molar-refractivity contribution is 7.07. The molecule has 84 valence electrons. The Morgan fingerprint density at radius 3 is 2.93 bits per heavy atom. The molecular weight excluding hydrogens is 208 g/mol. The Kier molecular flexibility index (Phi) is 5.36. The van der Waals surface area contributed by atoms with Gasteiger partial charge in [-0.05, 0) is 36.2 Å². The minimum Gasteiger partial charge on any atom is -0.354 e. The van der Waals surface area contributed by atoms with E-state index in [4.69, 9.17) is 0 Å². The molecule has 0 aromatic carbocycles. The lowest BCUT2D eigenvalue weighted by atomic mass is 10.3. The summed E-state index contributed by atoms with van der Waals surface area (Å²) >= 11 is 1.69. The van der Waals surface area contributed by atoms with Crippen LogP contribution in [0.2, 0.25) is 0 Å². The molecule has 0 saturated carbocycles. The average molecular weight is 226 g/mol. The molecule has 1 aromatic heterocycles. The summed E-state index contributed by atoms with van der Waals surface area (Å²) in [6.07, 6.45) is 0.544. The van der Waals surface area contributed by atoms with Crippen molar-refractivity contribution in [3.63, 3.8) is 0 Å². The predicted molar refractivity (Wildman–Crippen MR) is 63.9 cm³/mol. The van der Waals surface area contributed by atoms with E-state index in [1.165, 1.54) is 5.56 Å². The van der Waals surface area contributed by atoms with Crippen LogP contribution in [-0.2, 0) is 11.3 Å². The first kappa shape index (κ1) is 12.2. The third-order valence-corrected chi connectivity index (χ3v) is 2.62. The van der Waals surface area contributed by atoms with Crippen LogP contribution in [0.25, 0.3) is 0 Å². The summed E-state index contributed by atoms with van der Waals surface area (Å²) in [7, 11) is 0. The topological polar surface area (TPSA) is 41.1 Å². The van der Waals surface area contributed by atoms with E-state index >= 15 is 0 Å². The van der Waals surface area contributed by atoms with E-state index in [0.29, 0.717) is 6.42 Å². The second-order valence-corrected chi connectivity index (χ2v) is 4.56. The largest absolute Gasteiger partial charge is 0.354 e. The summed E-state index contributed by atoms with van der Waals surface area (Å²) in [5.41, 5.74) is 1.28. The summed E-state index contributed by atoms with van der Waals surface area (Å²) in [5.74, 6) is 0.114. The lowest BCUT2D eigenvalue weighted by molar-refractivity contribution is -0.121. The van der Waals surface area contributed by atoms with Crippen molar-refractivity contribution in [3.8, 4) is 0 Å². The first-order chi connectivity index (χ1) is 7.18. The molecule has 0 spiro atoms. The molecule has 0 aliphatic carbocycles. The molecule has 0 atom stereocenters. The average Bonchev–Trinajstić information content (AvgIpc) is 2.63. The van der Waals surface area contributed by atoms with Crippen LogP contribution in [0.15, 0.2) is 16.8 Å². The standard InChI is InChI=1S/C11H18N2OS/c1-9(2)13-11(14)3-5-12-7-10-4-6-15-8-10/h4,6,8-9,12H,3,5,7H2,1-2H3,(H,13,14). The van der Waals surface area contributed by atoms with Crippen molar-refractivity contribution in [1.29, 1.82) is 0 Å². The molecule has 4 heteroatoms. The predicted octanol–water partition coefficient (Wildman–Crippen LogP) is 1.75. The number of carbonyl (C=O) groups is 1. The molecule has 0 unspecified atom stereocenters. The normalized spacial score (nSPS) is 10.6. The molecule has 1 amide bonds. The first-order valence-corrected chi connectivity index (χ1v) is 6.14. The van der Waals surface area contributed by atoms with Crippen LogP contribution in [0, 0.1) is 0 Å². The summed E-state index contributed by atoms with van der Waals surface area (Å²) in [5, 5.41) is 10.3. The number of carbonyl (C=O) groups excluding carboxylic acids is 1. The van der Waals surface area contributed by atoms with Crippen LogP contribution >= 0.6 is 11.3 Å². The second-order valence-electron chi connectivity index (χ2n) is 3.78. The molecule has 1 rings (SSSR count). The Morgan fingerprint density at radius 2 is 2.33 bits per heavy atom. The van der Waals surface area contributed by atoms with E-state index < -0.39 is 0 Å². The lowest BCUT2D eigenvalue weighted by Gasteiger charge is -2.08. The third-order valence-electron chi connectivity index (χ3n) is 1.89. The Morgan fingerprint density at radius 1 is 1.53 bits per heavy atom. The smallest absolute Gasteiger partial charge is 0.221 e. The van der Waals surface area contributed by atoms with Crippen LogP contribution in [-0.4, -0.2) is 18.5 Å². The minimum atomic E-state index is 0.114. The lowest BCUT2D eigenvalue weighted by Crippen LogP contribution is -2.32. The Bertz CT molecular complexity index is 283. The van der Waals surface area contributed by atoms with Gasteiger partial charge in [-0.1, -0.05) is 0 Å². The van der Waals surface area contributed by atoms with E-state index in [2.05, 4.69) is 27.5 Å². The van der Waals surface area contributed by atoms with Gasteiger partial charge in [-0.3, -0.25) is 4.79 Å². The zero-order valence-corrected chi connectivity index (χ0v) is 10.1. The highest BCUT2D eigenvalue weighted by atomic mass is 32.1. The Hall–Kier alpha value is -0.870. The fraction of sp³-hybridized carbons (Fsp3) is 0.545. The summed E-state index contributed by atoms with van der Waals surface area (Å²) in [6.45, 7) is 5.51. The zero-order chi connectivity index (χ0) is 11.1. The van der Waals surface area contributed by atoms with Gasteiger partial charge in [0, 0.05) is 25.6 Å². The molecule has 2 N–H and O–H groups in total. The van der Waals surface area contributed by atoms with E-state index in [1.54, 1.807) is 11.3 Å². The molecular formula is C11H18N2OS. The van der Waals surface area contributed by atoms with E-state index in [1.807, 2.05) is 13.8 Å². The molecule has 0 fully saturated rings. The molecule has 1 aromatic rings. The van der Waals surface area contributed by atoms with Crippen molar-refractivity contribution in [3.05, 3.63) is 22.4 Å². The molecule has 0 radical (unpaired) electrons. The van der Waals surface area contributed by atoms with Crippen LogP contribution in [0.3, 0.4) is 0 Å². The van der Waals surface area contributed by atoms with Gasteiger partial charge in [-0.2, -0.15) is 11.3 Å². The summed E-state index contributed by atoms with van der Waals surface area (Å²) in [4.78, 5) is 11.3. The summed E-state index contributed by atoms with van der Waals surface area (Å²) < 4.78 is 0. The van der Waals surface area contributed by atoms with Crippen LogP contribution < -0.4 is 10.6 Å². The van der Waals surface area contributed by atoms with E-state index in [9.17, 15) is 4.79 Å². The molecule has 0 aliphatic heterocycles. The number of hydrogen-bond donors (Lipinski definition) is 2. The maximum atomic E-state index is 11.3. The Balaban J connectivity index is 2.04. The molecule has 1 heterocycles. The van der Waals surface area contributed by atoms with Gasteiger partial charge in [0.1, 0.15) is 0 Å². The van der Waals surface area contributed by atoms with Crippen LogP contribution in [0.5, 0.6) is 0 Å². The van der Waals surface area contributed by atoms with Crippen molar-refractivity contribution in [2.24, 2.45) is 0 Å². The minimum absolute atomic E-state index is 0.114. The second kappa shape index (κ2) is 6.58. The first-order valence-electron chi connectivity index (χ1n) is 5.19. The maximum absolute atomic E-state index is 11.3. The van der Waals surface area contributed by atoms with Gasteiger partial charge < -0.3 is 10.6 Å². The van der Waals surface area contributed by atoms with Gasteiger partial charge >= 0.3 is 0 Å². The molecule has 0 saturated heterocycles. The van der Waals surface area contributed by atoms with Gasteiger partial charge in [0.15, 0.2) is 0 Å². The van der Waals surface area contributed by atoms with E-state index in [0.717, 1.165) is 13.1 Å². The third kappa shape index (κ3) is 5.54. The van der Waals surface area contributed by atoms with Crippen molar-refractivity contribution >= 4 is 17.2 Å². The van der Waals surface area contributed by atoms with Gasteiger partial charge in [0.05, 0.1) is 0 Å². The molecule has 15 heavy (non-hydrogen) atoms. The number of thiophene rings is 1. The van der Waals surface area contributed by atoms with Crippen molar-refractivity contribution < 1.29 is 4.79 Å². The monoisotopic (exact) mass is 226 g/mol.